The van der Waals surface area contributed by atoms with Crippen LogP contribution in [0.15, 0.2) is 127 Å². The number of ether oxygens (including phenoxy) is 2. The molecule has 7 rings (SSSR count). The smallest absolute Gasteiger partial charge is 0.305 e. The maximum absolute atomic E-state index is 13.1. The van der Waals surface area contributed by atoms with E-state index in [1.54, 1.807) is 0 Å². The summed E-state index contributed by atoms with van der Waals surface area (Å²) >= 11 is 0. The van der Waals surface area contributed by atoms with Gasteiger partial charge in [0.2, 0.25) is 0 Å². The lowest BCUT2D eigenvalue weighted by atomic mass is 9.50. The standard InChI is InChI=1S/C41H36O4/c1-44-37(42)24-26-40(33-20-10-6-16-29(33)30-17-7-11-21-34(30)40)39(28-14-4-3-5-15-28)41(27-25-38(43)45-2)35-22-12-8-18-31(35)32-19-9-13-23-36(32)41/h3-23,39H,24-27H2,1-2H3. The van der Waals surface area contributed by atoms with Crippen LogP contribution in [0.4, 0.5) is 0 Å². The van der Waals surface area contributed by atoms with Crippen molar-refractivity contribution in [1.82, 2.24) is 0 Å². The molecule has 0 N–H and O–H groups in total. The van der Waals surface area contributed by atoms with Crippen LogP contribution in [0.2, 0.25) is 0 Å². The zero-order valence-corrected chi connectivity index (χ0v) is 25.7. The lowest BCUT2D eigenvalue weighted by Crippen LogP contribution is -2.47. The molecule has 0 saturated carbocycles. The Labute approximate surface area is 264 Å². The van der Waals surface area contributed by atoms with E-state index < -0.39 is 10.8 Å². The molecule has 0 bridgehead atoms. The minimum Gasteiger partial charge on any atom is -0.469 e. The van der Waals surface area contributed by atoms with Crippen LogP contribution >= 0.6 is 0 Å². The molecule has 0 spiro atoms. The van der Waals surface area contributed by atoms with Gasteiger partial charge in [0.1, 0.15) is 0 Å². The van der Waals surface area contributed by atoms with Gasteiger partial charge in [-0.2, -0.15) is 0 Å². The van der Waals surface area contributed by atoms with Gasteiger partial charge in [-0.25, -0.2) is 0 Å². The molecule has 5 aromatic rings. The molecule has 0 heterocycles. The van der Waals surface area contributed by atoms with Gasteiger partial charge in [-0.1, -0.05) is 127 Å². The maximum Gasteiger partial charge on any atom is 0.305 e. The van der Waals surface area contributed by atoms with Gasteiger partial charge in [-0.3, -0.25) is 9.59 Å². The van der Waals surface area contributed by atoms with Gasteiger partial charge in [0.25, 0.3) is 0 Å². The zero-order valence-electron chi connectivity index (χ0n) is 25.7. The molecule has 224 valence electrons. The van der Waals surface area contributed by atoms with Gasteiger partial charge in [-0.15, -0.1) is 0 Å². The molecule has 0 fully saturated rings. The fourth-order valence-corrected chi connectivity index (χ4v) is 8.61. The van der Waals surface area contributed by atoms with Gasteiger partial charge in [-0.05, 0) is 62.9 Å². The van der Waals surface area contributed by atoms with Gasteiger partial charge < -0.3 is 9.47 Å². The molecule has 2 aliphatic carbocycles. The average molecular weight is 593 g/mol. The summed E-state index contributed by atoms with van der Waals surface area (Å²) in [7, 11) is 2.92. The summed E-state index contributed by atoms with van der Waals surface area (Å²) in [5.74, 6) is -0.673. The Morgan fingerprint density at radius 2 is 0.800 bits per heavy atom. The first-order chi connectivity index (χ1) is 22.1. The Bertz CT molecular complexity index is 1680. The third kappa shape index (κ3) is 4.34. The van der Waals surface area contributed by atoms with E-state index in [1.807, 2.05) is 0 Å². The lowest BCUT2D eigenvalue weighted by molar-refractivity contribution is -0.141. The molecule has 5 aromatic carbocycles. The Morgan fingerprint density at radius 1 is 0.489 bits per heavy atom. The van der Waals surface area contributed by atoms with Crippen molar-refractivity contribution in [2.75, 3.05) is 14.2 Å². The molecule has 0 saturated heterocycles. The van der Waals surface area contributed by atoms with Crippen molar-refractivity contribution in [3.05, 3.63) is 155 Å². The predicted molar refractivity (Wildman–Crippen MR) is 177 cm³/mol. The fourth-order valence-electron chi connectivity index (χ4n) is 8.61. The number of benzene rings is 5. The van der Waals surface area contributed by atoms with E-state index >= 15 is 0 Å². The summed E-state index contributed by atoms with van der Waals surface area (Å²) in [6.45, 7) is 0. The first-order valence-corrected chi connectivity index (χ1v) is 15.6. The third-order valence-electron chi connectivity index (χ3n) is 10.2. The van der Waals surface area contributed by atoms with E-state index in [-0.39, 0.29) is 30.7 Å². The van der Waals surface area contributed by atoms with Crippen molar-refractivity contribution < 1.29 is 19.1 Å². The number of rotatable bonds is 9. The minimum atomic E-state index is -0.636. The fraction of sp³-hybridized carbons (Fsp3) is 0.220. The molecule has 0 atom stereocenters. The maximum atomic E-state index is 13.1. The average Bonchev–Trinajstić information content (AvgIpc) is 3.55. The molecule has 2 aliphatic rings. The van der Waals surface area contributed by atoms with Crippen LogP contribution in [0.5, 0.6) is 0 Å². The lowest BCUT2D eigenvalue weighted by Gasteiger charge is -2.51. The second-order valence-corrected chi connectivity index (χ2v) is 12.1. The number of carbonyl (C=O) groups is 2. The zero-order chi connectivity index (χ0) is 31.0. The van der Waals surface area contributed by atoms with E-state index in [0.29, 0.717) is 12.8 Å². The van der Waals surface area contributed by atoms with Crippen LogP contribution in [-0.2, 0) is 29.9 Å². The number of esters is 2. The highest BCUT2D eigenvalue weighted by Crippen LogP contribution is 2.68. The van der Waals surface area contributed by atoms with E-state index in [4.69, 9.17) is 9.47 Å². The molecule has 4 heteroatoms. The van der Waals surface area contributed by atoms with Crippen molar-refractivity contribution in [3.8, 4) is 22.3 Å². The Morgan fingerprint density at radius 3 is 1.13 bits per heavy atom. The molecular weight excluding hydrogens is 556 g/mol. The first kappa shape index (κ1) is 28.8. The molecule has 45 heavy (non-hydrogen) atoms. The number of hydrogen-bond acceptors (Lipinski definition) is 4. The molecule has 0 aliphatic heterocycles. The van der Waals surface area contributed by atoms with E-state index in [0.717, 1.165) is 5.56 Å². The SMILES string of the molecule is COC(=O)CCC1(C(c2ccccc2)C2(CCC(=O)OC)c3ccccc3-c3ccccc32)c2ccccc2-c2ccccc21. The largest absolute Gasteiger partial charge is 0.469 e. The number of hydrogen-bond donors (Lipinski definition) is 0. The quantitative estimate of drug-likeness (QED) is 0.161. The molecule has 4 nitrogen and oxygen atoms in total. The monoisotopic (exact) mass is 592 g/mol. The van der Waals surface area contributed by atoms with Crippen LogP contribution in [0.3, 0.4) is 0 Å². The minimum absolute atomic E-state index is 0.199. The summed E-state index contributed by atoms with van der Waals surface area (Å²) in [6.07, 6.45) is 1.58. The Balaban J connectivity index is 1.64. The van der Waals surface area contributed by atoms with E-state index in [2.05, 4.69) is 127 Å². The van der Waals surface area contributed by atoms with Gasteiger partial charge in [0.05, 0.1) is 14.2 Å². The van der Waals surface area contributed by atoms with Crippen molar-refractivity contribution in [1.29, 1.82) is 0 Å². The highest BCUT2D eigenvalue weighted by Gasteiger charge is 2.60. The van der Waals surface area contributed by atoms with E-state index in [9.17, 15) is 9.59 Å². The molecular formula is C41H36O4. The highest BCUT2D eigenvalue weighted by atomic mass is 16.5. The van der Waals surface area contributed by atoms with Crippen molar-refractivity contribution in [2.45, 2.75) is 42.4 Å². The van der Waals surface area contributed by atoms with Crippen molar-refractivity contribution >= 4 is 11.9 Å². The van der Waals surface area contributed by atoms with Gasteiger partial charge in [0.15, 0.2) is 0 Å². The Hall–Kier alpha value is -4.96. The summed E-state index contributed by atoms with van der Waals surface area (Å²) in [5.41, 5.74) is 9.40. The first-order valence-electron chi connectivity index (χ1n) is 15.6. The molecule has 0 aromatic heterocycles. The van der Waals surface area contributed by atoms with Crippen LogP contribution in [0, 0.1) is 0 Å². The molecule has 0 amide bonds. The van der Waals surface area contributed by atoms with Gasteiger partial charge in [0, 0.05) is 29.6 Å². The highest BCUT2D eigenvalue weighted by molar-refractivity contribution is 5.86. The summed E-state index contributed by atoms with van der Waals surface area (Å²) < 4.78 is 10.5. The van der Waals surface area contributed by atoms with Crippen LogP contribution in [0.25, 0.3) is 22.3 Å². The van der Waals surface area contributed by atoms with Crippen LogP contribution in [-0.4, -0.2) is 26.2 Å². The number of fused-ring (bicyclic) bond motifs is 6. The molecule has 0 radical (unpaired) electrons. The Kier molecular flexibility index (Phi) is 7.37. The summed E-state index contributed by atoms with van der Waals surface area (Å²) in [4.78, 5) is 26.1. The number of methoxy groups -OCH3 is 2. The second-order valence-electron chi connectivity index (χ2n) is 12.1. The predicted octanol–water partition coefficient (Wildman–Crippen LogP) is 8.61. The molecule has 0 unspecified atom stereocenters. The summed E-state index contributed by atoms with van der Waals surface area (Å²) in [6, 6.07) is 45.3. The van der Waals surface area contributed by atoms with E-state index in [1.165, 1.54) is 58.7 Å². The normalized spacial score (nSPS) is 14.6. The number of carbonyl (C=O) groups excluding carboxylic acids is 2. The third-order valence-corrected chi connectivity index (χ3v) is 10.2. The second kappa shape index (κ2) is 11.5. The summed E-state index contributed by atoms with van der Waals surface area (Å²) in [5, 5.41) is 0. The topological polar surface area (TPSA) is 52.6 Å². The van der Waals surface area contributed by atoms with Crippen LogP contribution < -0.4 is 0 Å². The van der Waals surface area contributed by atoms with Crippen molar-refractivity contribution in [2.24, 2.45) is 0 Å². The van der Waals surface area contributed by atoms with Crippen molar-refractivity contribution in [3.63, 3.8) is 0 Å². The van der Waals surface area contributed by atoms with Crippen LogP contribution in [0.1, 0.15) is 59.4 Å². The van der Waals surface area contributed by atoms with Gasteiger partial charge >= 0.3 is 11.9 Å².